The lowest BCUT2D eigenvalue weighted by Gasteiger charge is -2.58. The van der Waals surface area contributed by atoms with Crippen LogP contribution in [0.4, 0.5) is 0 Å². The van der Waals surface area contributed by atoms with Gasteiger partial charge in [-0.25, -0.2) is 9.97 Å². The average molecular weight is 363 g/mol. The molecule has 0 aliphatic heterocycles. The molecule has 2 atom stereocenters. The Morgan fingerprint density at radius 1 is 1.15 bits per heavy atom. The van der Waals surface area contributed by atoms with Crippen LogP contribution in [0.25, 0.3) is 11.3 Å². The highest BCUT2D eigenvalue weighted by atomic mass is 16.3. The number of nitrogens with one attached hydrogen (secondary N) is 1. The average Bonchev–Trinajstić information content (AvgIpc) is 2.64. The normalized spacial score (nSPS) is 33.9. The van der Waals surface area contributed by atoms with Gasteiger partial charge < -0.3 is 10.4 Å². The van der Waals surface area contributed by atoms with Crippen LogP contribution in [0.1, 0.15) is 48.3 Å². The number of aliphatic hydroxyl groups is 1. The maximum Gasteiger partial charge on any atom is 0.255 e. The minimum absolute atomic E-state index is 0.0988. The third kappa shape index (κ3) is 2.94. The molecule has 2 aromatic rings. The minimum atomic E-state index is -0.486. The second kappa shape index (κ2) is 6.13. The molecule has 5 nitrogen and oxygen atoms in total. The molecule has 6 rings (SSSR count). The van der Waals surface area contributed by atoms with Gasteiger partial charge in [0, 0.05) is 17.8 Å². The highest BCUT2D eigenvalue weighted by Crippen LogP contribution is 2.55. The van der Waals surface area contributed by atoms with E-state index in [2.05, 4.69) is 15.3 Å². The van der Waals surface area contributed by atoms with E-state index < -0.39 is 5.60 Å². The van der Waals surface area contributed by atoms with E-state index in [-0.39, 0.29) is 11.9 Å². The predicted octanol–water partition coefficient (Wildman–Crippen LogP) is 3.12. The number of amides is 1. The van der Waals surface area contributed by atoms with E-state index in [1.807, 2.05) is 37.3 Å². The van der Waals surface area contributed by atoms with E-state index in [1.54, 1.807) is 6.20 Å². The van der Waals surface area contributed by atoms with Crippen molar-refractivity contribution in [1.29, 1.82) is 0 Å². The monoisotopic (exact) mass is 363 g/mol. The van der Waals surface area contributed by atoms with Crippen LogP contribution in [0.5, 0.6) is 0 Å². The lowest BCUT2D eigenvalue weighted by molar-refractivity contribution is -0.136. The zero-order valence-corrected chi connectivity index (χ0v) is 15.6. The van der Waals surface area contributed by atoms with Crippen LogP contribution in [0, 0.1) is 24.7 Å². The van der Waals surface area contributed by atoms with Gasteiger partial charge in [0.05, 0.1) is 16.9 Å². The fourth-order valence-electron chi connectivity index (χ4n) is 5.90. The molecule has 0 spiro atoms. The lowest BCUT2D eigenvalue weighted by atomic mass is 9.52. The Morgan fingerprint density at radius 2 is 1.85 bits per heavy atom. The largest absolute Gasteiger partial charge is 0.390 e. The molecule has 4 bridgehead atoms. The van der Waals surface area contributed by atoms with Gasteiger partial charge in [-0.3, -0.25) is 4.79 Å². The third-order valence-electron chi connectivity index (χ3n) is 6.74. The quantitative estimate of drug-likeness (QED) is 0.879. The number of carbonyl (C=O) groups excluding carboxylic acids is 1. The summed E-state index contributed by atoms with van der Waals surface area (Å²) in [5, 5.41) is 14.1. The molecule has 1 heterocycles. The first-order valence-electron chi connectivity index (χ1n) is 9.93. The van der Waals surface area contributed by atoms with Crippen LogP contribution < -0.4 is 5.32 Å². The van der Waals surface area contributed by atoms with Crippen molar-refractivity contribution >= 4 is 5.91 Å². The first-order valence-corrected chi connectivity index (χ1v) is 9.93. The summed E-state index contributed by atoms with van der Waals surface area (Å²) in [4.78, 5) is 22.0. The number of aromatic nitrogens is 2. The number of nitrogens with zero attached hydrogens (tertiary/aromatic N) is 2. The van der Waals surface area contributed by atoms with Gasteiger partial charge in [-0.15, -0.1) is 0 Å². The predicted molar refractivity (Wildman–Crippen MR) is 102 cm³/mol. The molecule has 4 aliphatic rings. The topological polar surface area (TPSA) is 75.1 Å². The van der Waals surface area contributed by atoms with Gasteiger partial charge >= 0.3 is 0 Å². The summed E-state index contributed by atoms with van der Waals surface area (Å²) in [5.41, 5.74) is 1.65. The molecule has 1 aromatic carbocycles. The molecule has 1 aromatic heterocycles. The number of rotatable bonds is 3. The van der Waals surface area contributed by atoms with E-state index in [4.69, 9.17) is 0 Å². The van der Waals surface area contributed by atoms with Gasteiger partial charge in [0.15, 0.2) is 0 Å². The van der Waals surface area contributed by atoms with E-state index in [0.29, 0.717) is 34.8 Å². The standard InChI is InChI=1S/C22H25N3O2/c1-13-23-12-18(20(24-13)15-5-3-2-4-6-15)21(26)25-19-16-7-14-8-17(19)11-22(27,9-14)10-16/h2-6,12,14,16-17,19,27H,7-11H2,1H3,(H,25,26)/t14?,16?,17?,19-,22+. The second-order valence-corrected chi connectivity index (χ2v) is 8.74. The molecule has 0 saturated heterocycles. The first-order chi connectivity index (χ1) is 13.0. The van der Waals surface area contributed by atoms with E-state index >= 15 is 0 Å². The Labute approximate surface area is 159 Å². The van der Waals surface area contributed by atoms with E-state index in [9.17, 15) is 9.90 Å². The highest BCUT2D eigenvalue weighted by Gasteiger charge is 2.55. The van der Waals surface area contributed by atoms with Crippen molar-refractivity contribution in [3.8, 4) is 11.3 Å². The molecular formula is C22H25N3O2. The van der Waals surface area contributed by atoms with Gasteiger partial charge in [0.1, 0.15) is 5.82 Å². The fourth-order valence-corrected chi connectivity index (χ4v) is 5.90. The van der Waals surface area contributed by atoms with E-state index in [0.717, 1.165) is 37.7 Å². The second-order valence-electron chi connectivity index (χ2n) is 8.74. The summed E-state index contributed by atoms with van der Waals surface area (Å²) in [6.07, 6.45) is 6.48. The molecule has 4 saturated carbocycles. The summed E-state index contributed by atoms with van der Waals surface area (Å²) in [6, 6.07) is 9.95. The minimum Gasteiger partial charge on any atom is -0.390 e. The summed E-state index contributed by atoms with van der Waals surface area (Å²) < 4.78 is 0. The summed E-state index contributed by atoms with van der Waals surface area (Å²) in [7, 11) is 0. The van der Waals surface area contributed by atoms with Gasteiger partial charge in [0.2, 0.25) is 0 Å². The van der Waals surface area contributed by atoms with Crippen molar-refractivity contribution in [3.63, 3.8) is 0 Å². The summed E-state index contributed by atoms with van der Waals surface area (Å²) in [6.45, 7) is 1.84. The molecule has 140 valence electrons. The molecule has 4 aliphatic carbocycles. The fraction of sp³-hybridized carbons (Fsp3) is 0.500. The van der Waals surface area contributed by atoms with Crippen LogP contribution in [-0.4, -0.2) is 32.6 Å². The molecule has 0 radical (unpaired) electrons. The smallest absolute Gasteiger partial charge is 0.255 e. The Morgan fingerprint density at radius 3 is 2.52 bits per heavy atom. The SMILES string of the molecule is Cc1ncc(C(=O)N[C@H]2C3CC4CC2C[C@@](O)(C4)C3)c(-c2ccccc2)n1. The zero-order valence-electron chi connectivity index (χ0n) is 15.6. The number of aryl methyl sites for hydroxylation is 1. The molecule has 2 unspecified atom stereocenters. The molecule has 1 amide bonds. The number of hydrogen-bond donors (Lipinski definition) is 2. The van der Waals surface area contributed by atoms with Crippen LogP contribution in [-0.2, 0) is 0 Å². The molecule has 2 N–H and O–H groups in total. The molecular weight excluding hydrogens is 338 g/mol. The number of hydrogen-bond acceptors (Lipinski definition) is 4. The zero-order chi connectivity index (χ0) is 18.6. The van der Waals surface area contributed by atoms with E-state index in [1.165, 1.54) is 0 Å². The third-order valence-corrected chi connectivity index (χ3v) is 6.74. The Balaban J connectivity index is 1.43. The maximum atomic E-state index is 13.2. The van der Waals surface area contributed by atoms with Crippen molar-refractivity contribution < 1.29 is 9.90 Å². The number of carbonyl (C=O) groups is 1. The van der Waals surface area contributed by atoms with Crippen LogP contribution >= 0.6 is 0 Å². The highest BCUT2D eigenvalue weighted by molar-refractivity contribution is 5.99. The molecule has 4 fully saturated rings. The lowest BCUT2D eigenvalue weighted by Crippen LogP contribution is -2.61. The summed E-state index contributed by atoms with van der Waals surface area (Å²) >= 11 is 0. The van der Waals surface area contributed by atoms with Crippen molar-refractivity contribution in [2.45, 2.75) is 50.7 Å². The van der Waals surface area contributed by atoms with Crippen molar-refractivity contribution in [1.82, 2.24) is 15.3 Å². The van der Waals surface area contributed by atoms with Crippen LogP contribution in [0.15, 0.2) is 36.5 Å². The van der Waals surface area contributed by atoms with Gasteiger partial charge in [0.25, 0.3) is 5.91 Å². The first kappa shape index (κ1) is 16.9. The van der Waals surface area contributed by atoms with Gasteiger partial charge in [-0.1, -0.05) is 30.3 Å². The Kier molecular flexibility index (Phi) is 3.83. The Bertz CT molecular complexity index is 866. The number of benzene rings is 1. The van der Waals surface area contributed by atoms with Gasteiger partial charge in [-0.05, 0) is 56.8 Å². The van der Waals surface area contributed by atoms with Gasteiger partial charge in [-0.2, -0.15) is 0 Å². The summed E-state index contributed by atoms with van der Waals surface area (Å²) in [5.74, 6) is 1.96. The Hall–Kier alpha value is -2.27. The molecule has 27 heavy (non-hydrogen) atoms. The molecule has 5 heteroatoms. The van der Waals surface area contributed by atoms with Crippen LogP contribution in [0.3, 0.4) is 0 Å². The van der Waals surface area contributed by atoms with Crippen molar-refractivity contribution in [2.24, 2.45) is 17.8 Å². The van der Waals surface area contributed by atoms with Crippen LogP contribution in [0.2, 0.25) is 0 Å². The van der Waals surface area contributed by atoms with Crippen molar-refractivity contribution in [3.05, 3.63) is 47.9 Å². The maximum absolute atomic E-state index is 13.2. The van der Waals surface area contributed by atoms with Crippen molar-refractivity contribution in [2.75, 3.05) is 0 Å².